The Labute approximate surface area is 124 Å². The number of carboxylic acid groups (broad SMARTS) is 1. The monoisotopic (exact) mass is 310 g/mol. The Morgan fingerprint density at radius 3 is 2.85 bits per heavy atom. The zero-order valence-corrected chi connectivity index (χ0v) is 12.7. The Bertz CT molecular complexity index is 620. The van der Waals surface area contributed by atoms with E-state index in [2.05, 4.69) is 10.3 Å². The number of hydrogen-bond donors (Lipinski definition) is 2. The van der Waals surface area contributed by atoms with E-state index in [0.717, 1.165) is 9.88 Å². The van der Waals surface area contributed by atoms with Crippen LogP contribution in [0.15, 0.2) is 17.5 Å². The molecule has 2 aromatic heterocycles. The van der Waals surface area contributed by atoms with Gasteiger partial charge in [0.2, 0.25) is 0 Å². The lowest BCUT2D eigenvalue weighted by molar-refractivity contribution is -0.137. The summed E-state index contributed by atoms with van der Waals surface area (Å²) < 4.78 is 0. The SMILES string of the molecule is Cc1nc(-c2cccs2)sc1C(=O)NC(C)CC(=O)O. The van der Waals surface area contributed by atoms with Gasteiger partial charge < -0.3 is 10.4 Å². The summed E-state index contributed by atoms with van der Waals surface area (Å²) in [5.41, 5.74) is 0.665. The van der Waals surface area contributed by atoms with Gasteiger partial charge in [-0.3, -0.25) is 9.59 Å². The molecule has 2 heterocycles. The van der Waals surface area contributed by atoms with Gasteiger partial charge in [0.05, 0.1) is 17.0 Å². The minimum atomic E-state index is -0.932. The van der Waals surface area contributed by atoms with E-state index in [1.165, 1.54) is 11.3 Å². The molecular weight excluding hydrogens is 296 g/mol. The Hall–Kier alpha value is -1.73. The summed E-state index contributed by atoms with van der Waals surface area (Å²) in [5, 5.41) is 14.1. The maximum absolute atomic E-state index is 12.1. The van der Waals surface area contributed by atoms with Crippen molar-refractivity contribution in [3.63, 3.8) is 0 Å². The Morgan fingerprint density at radius 1 is 1.50 bits per heavy atom. The molecule has 0 aliphatic carbocycles. The first kappa shape index (κ1) is 14.7. The lowest BCUT2D eigenvalue weighted by Gasteiger charge is -2.10. The molecule has 2 rings (SSSR count). The highest BCUT2D eigenvalue weighted by atomic mass is 32.1. The summed E-state index contributed by atoms with van der Waals surface area (Å²) >= 11 is 2.90. The second-order valence-electron chi connectivity index (χ2n) is 4.38. The highest BCUT2D eigenvalue weighted by Gasteiger charge is 2.19. The predicted octanol–water partition coefficient (Wildman–Crippen LogP) is 2.77. The number of carboxylic acids is 1. The number of hydrogen-bond acceptors (Lipinski definition) is 5. The highest BCUT2D eigenvalue weighted by molar-refractivity contribution is 7.22. The molecule has 0 radical (unpaired) electrons. The predicted molar refractivity (Wildman–Crippen MR) is 79.3 cm³/mol. The number of aryl methyl sites for hydroxylation is 1. The molecule has 0 aliphatic rings. The summed E-state index contributed by atoms with van der Waals surface area (Å²) in [7, 11) is 0. The van der Waals surface area contributed by atoms with Crippen LogP contribution in [0.3, 0.4) is 0 Å². The molecule has 7 heteroatoms. The van der Waals surface area contributed by atoms with E-state index in [1.54, 1.807) is 25.2 Å². The Morgan fingerprint density at radius 2 is 2.25 bits per heavy atom. The van der Waals surface area contributed by atoms with Crippen LogP contribution in [-0.2, 0) is 4.79 Å². The van der Waals surface area contributed by atoms with E-state index < -0.39 is 12.0 Å². The number of rotatable bonds is 5. The van der Waals surface area contributed by atoms with E-state index in [1.807, 2.05) is 17.5 Å². The molecule has 0 aliphatic heterocycles. The van der Waals surface area contributed by atoms with Gasteiger partial charge in [0, 0.05) is 6.04 Å². The van der Waals surface area contributed by atoms with Crippen LogP contribution in [0, 0.1) is 6.92 Å². The number of nitrogens with one attached hydrogen (secondary N) is 1. The average Bonchev–Trinajstić information content (AvgIpc) is 2.95. The summed E-state index contributed by atoms with van der Waals surface area (Å²) in [6, 6.07) is 3.48. The van der Waals surface area contributed by atoms with E-state index >= 15 is 0 Å². The van der Waals surface area contributed by atoms with Gasteiger partial charge in [-0.25, -0.2) is 4.98 Å². The number of thiophene rings is 1. The van der Waals surface area contributed by atoms with E-state index in [-0.39, 0.29) is 12.3 Å². The molecule has 5 nitrogen and oxygen atoms in total. The number of nitrogens with zero attached hydrogens (tertiary/aromatic N) is 1. The van der Waals surface area contributed by atoms with Gasteiger partial charge in [0.1, 0.15) is 9.88 Å². The number of amides is 1. The number of carbonyl (C=O) groups is 2. The maximum atomic E-state index is 12.1. The van der Waals surface area contributed by atoms with Crippen molar-refractivity contribution in [3.8, 4) is 9.88 Å². The number of thiazole rings is 1. The van der Waals surface area contributed by atoms with Crippen LogP contribution >= 0.6 is 22.7 Å². The highest BCUT2D eigenvalue weighted by Crippen LogP contribution is 2.30. The molecule has 0 saturated heterocycles. The first-order valence-corrected chi connectivity index (χ1v) is 7.71. The van der Waals surface area contributed by atoms with Crippen molar-refractivity contribution in [3.05, 3.63) is 28.1 Å². The Balaban J connectivity index is 2.13. The van der Waals surface area contributed by atoms with E-state index in [0.29, 0.717) is 10.6 Å². The molecular formula is C13H14N2O3S2. The zero-order valence-electron chi connectivity index (χ0n) is 11.0. The third kappa shape index (κ3) is 3.43. The molecule has 2 N–H and O–H groups in total. The minimum absolute atomic E-state index is 0.0959. The smallest absolute Gasteiger partial charge is 0.305 e. The molecule has 106 valence electrons. The van der Waals surface area contributed by atoms with Crippen LogP contribution < -0.4 is 5.32 Å². The van der Waals surface area contributed by atoms with Gasteiger partial charge in [-0.2, -0.15) is 0 Å². The van der Waals surface area contributed by atoms with Crippen molar-refractivity contribution >= 4 is 34.6 Å². The van der Waals surface area contributed by atoms with Crippen molar-refractivity contribution in [2.24, 2.45) is 0 Å². The molecule has 0 aromatic carbocycles. The van der Waals surface area contributed by atoms with Crippen molar-refractivity contribution < 1.29 is 14.7 Å². The molecule has 1 amide bonds. The summed E-state index contributed by atoms with van der Waals surface area (Å²) in [6.07, 6.45) is -0.0959. The second kappa shape index (κ2) is 6.15. The zero-order chi connectivity index (χ0) is 14.7. The number of aliphatic carboxylic acids is 1. The second-order valence-corrected chi connectivity index (χ2v) is 6.33. The first-order chi connectivity index (χ1) is 9.47. The van der Waals surface area contributed by atoms with Gasteiger partial charge in [-0.05, 0) is 25.3 Å². The van der Waals surface area contributed by atoms with Gasteiger partial charge in [0.15, 0.2) is 0 Å². The third-order valence-electron chi connectivity index (χ3n) is 2.59. The first-order valence-electron chi connectivity index (χ1n) is 6.01. The van der Waals surface area contributed by atoms with Crippen LogP contribution in [0.1, 0.15) is 28.7 Å². The van der Waals surface area contributed by atoms with Crippen LogP contribution in [0.5, 0.6) is 0 Å². The fourth-order valence-electron chi connectivity index (χ4n) is 1.72. The molecule has 0 saturated carbocycles. The summed E-state index contributed by atoms with van der Waals surface area (Å²) in [6.45, 7) is 3.45. The molecule has 1 unspecified atom stereocenters. The molecule has 0 bridgehead atoms. The molecule has 2 aromatic rings. The lowest BCUT2D eigenvalue weighted by Crippen LogP contribution is -2.34. The van der Waals surface area contributed by atoms with Crippen molar-refractivity contribution in [2.45, 2.75) is 26.3 Å². The van der Waals surface area contributed by atoms with Gasteiger partial charge in [-0.15, -0.1) is 22.7 Å². The lowest BCUT2D eigenvalue weighted by atomic mass is 10.2. The van der Waals surface area contributed by atoms with E-state index in [9.17, 15) is 9.59 Å². The fraction of sp³-hybridized carbons (Fsp3) is 0.308. The quantitative estimate of drug-likeness (QED) is 0.890. The summed E-state index contributed by atoms with van der Waals surface area (Å²) in [4.78, 5) is 28.7. The van der Waals surface area contributed by atoms with Crippen LogP contribution in [-0.4, -0.2) is 28.0 Å². The van der Waals surface area contributed by atoms with Crippen molar-refractivity contribution in [1.29, 1.82) is 0 Å². The van der Waals surface area contributed by atoms with Crippen molar-refractivity contribution in [1.82, 2.24) is 10.3 Å². The van der Waals surface area contributed by atoms with Crippen LogP contribution in [0.25, 0.3) is 9.88 Å². The molecule has 20 heavy (non-hydrogen) atoms. The van der Waals surface area contributed by atoms with Gasteiger partial charge >= 0.3 is 5.97 Å². The summed E-state index contributed by atoms with van der Waals surface area (Å²) in [5.74, 6) is -1.20. The minimum Gasteiger partial charge on any atom is -0.481 e. The number of aromatic nitrogens is 1. The van der Waals surface area contributed by atoms with E-state index in [4.69, 9.17) is 5.11 Å². The average molecular weight is 310 g/mol. The van der Waals surface area contributed by atoms with Crippen LogP contribution in [0.2, 0.25) is 0 Å². The van der Waals surface area contributed by atoms with Crippen molar-refractivity contribution in [2.75, 3.05) is 0 Å². The standard InChI is InChI=1S/C13H14N2O3S2/c1-7(6-10(16)17)14-12(18)11-8(2)15-13(20-11)9-4-3-5-19-9/h3-5,7H,6H2,1-2H3,(H,14,18)(H,16,17). The largest absolute Gasteiger partial charge is 0.481 e. The normalized spacial score (nSPS) is 12.1. The topological polar surface area (TPSA) is 79.3 Å². The number of carbonyl (C=O) groups excluding carboxylic acids is 1. The van der Waals surface area contributed by atoms with Gasteiger partial charge in [-0.1, -0.05) is 6.07 Å². The fourth-order valence-corrected chi connectivity index (χ4v) is 3.48. The Kier molecular flexibility index (Phi) is 4.51. The molecule has 1 atom stereocenters. The third-order valence-corrected chi connectivity index (χ3v) is 4.79. The molecule has 0 fully saturated rings. The maximum Gasteiger partial charge on any atom is 0.305 e. The molecule has 0 spiro atoms. The van der Waals surface area contributed by atoms with Crippen LogP contribution in [0.4, 0.5) is 0 Å². The van der Waals surface area contributed by atoms with Gasteiger partial charge in [0.25, 0.3) is 5.91 Å².